The predicted molar refractivity (Wildman–Crippen MR) is 109 cm³/mol. The van der Waals surface area contributed by atoms with Crippen LogP contribution in [0.2, 0.25) is 0 Å². The van der Waals surface area contributed by atoms with Crippen LogP contribution in [0.5, 0.6) is 11.5 Å². The molecule has 3 rings (SSSR count). The number of carbonyl (C=O) groups excluding carboxylic acids is 2. The number of benzene rings is 1. The molecule has 0 spiro atoms. The van der Waals surface area contributed by atoms with Crippen LogP contribution in [-0.2, 0) is 19.1 Å². The van der Waals surface area contributed by atoms with Gasteiger partial charge in [0, 0.05) is 7.11 Å². The summed E-state index contributed by atoms with van der Waals surface area (Å²) in [5.41, 5.74) is 1.55. The zero-order chi connectivity index (χ0) is 21.1. The lowest BCUT2D eigenvalue weighted by atomic mass is 9.94. The van der Waals surface area contributed by atoms with Gasteiger partial charge in [-0.3, -0.25) is 9.69 Å². The van der Waals surface area contributed by atoms with Gasteiger partial charge in [-0.1, -0.05) is 17.8 Å². The summed E-state index contributed by atoms with van der Waals surface area (Å²) in [6.45, 7) is 3.97. The van der Waals surface area contributed by atoms with Crippen molar-refractivity contribution in [2.45, 2.75) is 25.1 Å². The number of amidine groups is 1. The molecule has 1 amide bonds. The maximum Gasteiger partial charge on any atom is 0.338 e. The van der Waals surface area contributed by atoms with E-state index in [2.05, 4.69) is 4.99 Å². The second-order valence-corrected chi connectivity index (χ2v) is 7.82. The van der Waals surface area contributed by atoms with Gasteiger partial charge in [-0.15, -0.1) is 0 Å². The molecule has 156 valence electrons. The van der Waals surface area contributed by atoms with Gasteiger partial charge in [0.25, 0.3) is 0 Å². The van der Waals surface area contributed by atoms with Gasteiger partial charge in [0.15, 0.2) is 16.7 Å². The number of ether oxygens (including phenoxy) is 4. The van der Waals surface area contributed by atoms with Gasteiger partial charge in [0.05, 0.1) is 43.4 Å². The summed E-state index contributed by atoms with van der Waals surface area (Å²) in [5.74, 6) is 0.426. The van der Waals surface area contributed by atoms with Crippen LogP contribution in [0.25, 0.3) is 0 Å². The van der Waals surface area contributed by atoms with Crippen LogP contribution in [-0.4, -0.2) is 61.7 Å². The number of hydrogen-bond acceptors (Lipinski definition) is 8. The highest BCUT2D eigenvalue weighted by Gasteiger charge is 2.46. The number of rotatable bonds is 7. The Morgan fingerprint density at radius 2 is 1.90 bits per heavy atom. The van der Waals surface area contributed by atoms with Crippen molar-refractivity contribution in [2.75, 3.05) is 34.5 Å². The largest absolute Gasteiger partial charge is 0.493 e. The van der Waals surface area contributed by atoms with Crippen molar-refractivity contribution in [1.29, 1.82) is 0 Å². The second kappa shape index (κ2) is 8.87. The zero-order valence-corrected chi connectivity index (χ0v) is 17.9. The monoisotopic (exact) mass is 420 g/mol. The van der Waals surface area contributed by atoms with Crippen LogP contribution in [0.3, 0.4) is 0 Å². The molecule has 0 aliphatic carbocycles. The number of amides is 1. The molecule has 0 N–H and O–H groups in total. The van der Waals surface area contributed by atoms with Crippen LogP contribution in [0, 0.1) is 0 Å². The number of allylic oxidation sites excluding steroid dienone is 1. The topological polar surface area (TPSA) is 86.7 Å². The molecule has 9 heteroatoms. The number of methoxy groups -OCH3 is 3. The molecule has 1 saturated heterocycles. The molecule has 1 aromatic carbocycles. The number of fused-ring (bicyclic) bond motifs is 1. The quantitative estimate of drug-likeness (QED) is 0.495. The van der Waals surface area contributed by atoms with E-state index in [1.807, 2.05) is 13.0 Å². The van der Waals surface area contributed by atoms with E-state index in [-0.39, 0.29) is 24.4 Å². The predicted octanol–water partition coefficient (Wildman–Crippen LogP) is 2.54. The molecule has 2 aliphatic rings. The molecule has 1 fully saturated rings. The van der Waals surface area contributed by atoms with Crippen molar-refractivity contribution in [3.8, 4) is 11.5 Å². The average molecular weight is 420 g/mol. The highest BCUT2D eigenvalue weighted by atomic mass is 32.2. The molecule has 1 aromatic rings. The lowest BCUT2D eigenvalue weighted by molar-refractivity contribution is -0.141. The van der Waals surface area contributed by atoms with Crippen molar-refractivity contribution >= 4 is 28.8 Å². The van der Waals surface area contributed by atoms with E-state index in [4.69, 9.17) is 18.9 Å². The first kappa shape index (κ1) is 21.2. The summed E-state index contributed by atoms with van der Waals surface area (Å²) in [5, 5.41) is 0.293. The van der Waals surface area contributed by atoms with Gasteiger partial charge in [0.1, 0.15) is 6.61 Å². The molecule has 0 saturated carbocycles. The van der Waals surface area contributed by atoms with Crippen molar-refractivity contribution in [3.05, 3.63) is 35.0 Å². The Hall–Kier alpha value is -2.52. The van der Waals surface area contributed by atoms with E-state index in [9.17, 15) is 9.59 Å². The molecule has 29 heavy (non-hydrogen) atoms. The SMILES string of the molecule is COCCOC(=O)C1=C(C)N=C2S[C@H](C)C(=O)N2[C@@H]1c1ccc(OC)c(OC)c1. The van der Waals surface area contributed by atoms with Crippen LogP contribution in [0.1, 0.15) is 25.5 Å². The first-order valence-electron chi connectivity index (χ1n) is 9.10. The Bertz CT molecular complexity index is 882. The molecule has 0 radical (unpaired) electrons. The van der Waals surface area contributed by atoms with Crippen molar-refractivity contribution in [2.24, 2.45) is 4.99 Å². The van der Waals surface area contributed by atoms with Crippen LogP contribution in [0.15, 0.2) is 34.5 Å². The van der Waals surface area contributed by atoms with Crippen LogP contribution < -0.4 is 9.47 Å². The number of hydrogen-bond donors (Lipinski definition) is 0. The standard InChI is InChI=1S/C20H24N2O6S/c1-11-16(19(24)28-9-8-25-3)17(22-18(23)12(2)29-20(22)21-11)13-6-7-14(26-4)15(10-13)27-5/h6-7,10,12,17H,8-9H2,1-5H3/t12-,17-/m1/s1. The van der Waals surface area contributed by atoms with Crippen LogP contribution in [0.4, 0.5) is 0 Å². The number of esters is 1. The van der Waals surface area contributed by atoms with Crippen molar-refractivity contribution < 1.29 is 28.5 Å². The van der Waals surface area contributed by atoms with Crippen molar-refractivity contribution in [1.82, 2.24) is 4.90 Å². The zero-order valence-electron chi connectivity index (χ0n) is 17.1. The number of carbonyl (C=O) groups is 2. The minimum absolute atomic E-state index is 0.108. The Morgan fingerprint density at radius 3 is 2.55 bits per heavy atom. The molecule has 2 atom stereocenters. The number of thioether (sulfide) groups is 1. The summed E-state index contributed by atoms with van der Waals surface area (Å²) in [7, 11) is 4.62. The lowest BCUT2D eigenvalue weighted by Crippen LogP contribution is -2.40. The minimum atomic E-state index is -0.665. The summed E-state index contributed by atoms with van der Waals surface area (Å²) in [6, 6.07) is 4.66. The fourth-order valence-electron chi connectivity index (χ4n) is 3.30. The molecule has 0 bridgehead atoms. The molecular weight excluding hydrogens is 396 g/mol. The molecule has 0 aromatic heterocycles. The van der Waals surface area contributed by atoms with Gasteiger partial charge < -0.3 is 18.9 Å². The fourth-order valence-corrected chi connectivity index (χ4v) is 4.33. The highest BCUT2D eigenvalue weighted by Crippen LogP contribution is 2.44. The fraction of sp³-hybridized carbons (Fsp3) is 0.450. The maximum atomic E-state index is 12.9. The Morgan fingerprint density at radius 1 is 1.17 bits per heavy atom. The third-order valence-corrected chi connectivity index (χ3v) is 5.78. The average Bonchev–Trinajstić information content (AvgIpc) is 2.99. The number of nitrogens with zero attached hydrogens (tertiary/aromatic N) is 2. The minimum Gasteiger partial charge on any atom is -0.493 e. The maximum absolute atomic E-state index is 12.9. The lowest BCUT2D eigenvalue weighted by Gasteiger charge is -2.33. The number of aliphatic imine (C=N–C) groups is 1. The smallest absolute Gasteiger partial charge is 0.338 e. The van der Waals surface area contributed by atoms with Crippen molar-refractivity contribution in [3.63, 3.8) is 0 Å². The third kappa shape index (κ3) is 3.97. The van der Waals surface area contributed by atoms with E-state index >= 15 is 0 Å². The molecule has 2 heterocycles. The molecule has 8 nitrogen and oxygen atoms in total. The first-order valence-corrected chi connectivity index (χ1v) is 9.98. The summed E-state index contributed by atoms with van der Waals surface area (Å²) >= 11 is 1.38. The van der Waals surface area contributed by atoms with E-state index < -0.39 is 12.0 Å². The van der Waals surface area contributed by atoms with Gasteiger partial charge in [-0.25, -0.2) is 9.79 Å². The van der Waals surface area contributed by atoms with Gasteiger partial charge >= 0.3 is 5.97 Å². The first-order chi connectivity index (χ1) is 13.9. The van der Waals surface area contributed by atoms with E-state index in [1.165, 1.54) is 26.0 Å². The van der Waals surface area contributed by atoms with Crippen LogP contribution >= 0.6 is 11.8 Å². The Balaban J connectivity index is 2.09. The molecular formula is C20H24N2O6S. The van der Waals surface area contributed by atoms with E-state index in [0.717, 1.165) is 0 Å². The molecule has 0 unspecified atom stereocenters. The van der Waals surface area contributed by atoms with Gasteiger partial charge in [-0.2, -0.15) is 0 Å². The van der Waals surface area contributed by atoms with Gasteiger partial charge in [-0.05, 0) is 31.5 Å². The third-order valence-electron chi connectivity index (χ3n) is 4.72. The Labute approximate surface area is 173 Å². The summed E-state index contributed by atoms with van der Waals surface area (Å²) < 4.78 is 21.0. The highest BCUT2D eigenvalue weighted by molar-refractivity contribution is 8.15. The summed E-state index contributed by atoms with van der Waals surface area (Å²) in [6.07, 6.45) is 0. The van der Waals surface area contributed by atoms with Gasteiger partial charge in [0.2, 0.25) is 5.91 Å². The molecule has 2 aliphatic heterocycles. The summed E-state index contributed by atoms with van der Waals surface area (Å²) in [4.78, 5) is 31.9. The Kier molecular flexibility index (Phi) is 6.49. The van der Waals surface area contributed by atoms with E-state index in [1.54, 1.807) is 31.1 Å². The second-order valence-electron chi connectivity index (χ2n) is 6.51. The van der Waals surface area contributed by atoms with E-state index in [0.29, 0.717) is 33.5 Å². The normalized spacial score (nSPS) is 21.1.